The predicted octanol–water partition coefficient (Wildman–Crippen LogP) is 3.43. The van der Waals surface area contributed by atoms with Gasteiger partial charge in [-0.25, -0.2) is 8.78 Å². The van der Waals surface area contributed by atoms with Crippen molar-refractivity contribution in [1.29, 1.82) is 0 Å². The van der Waals surface area contributed by atoms with Crippen molar-refractivity contribution in [2.24, 2.45) is 5.73 Å². The highest BCUT2D eigenvalue weighted by molar-refractivity contribution is 5.94. The zero-order valence-electron chi connectivity index (χ0n) is 11.9. The van der Waals surface area contributed by atoms with Gasteiger partial charge in [0.2, 0.25) is 0 Å². The van der Waals surface area contributed by atoms with Gasteiger partial charge in [-0.2, -0.15) is 13.2 Å². The quantitative estimate of drug-likeness (QED) is 0.814. The van der Waals surface area contributed by atoms with Gasteiger partial charge in [-0.15, -0.1) is 0 Å². The van der Waals surface area contributed by atoms with Crippen LogP contribution >= 0.6 is 0 Å². The number of hydrogen-bond acceptors (Lipinski definition) is 3. The van der Waals surface area contributed by atoms with Crippen LogP contribution in [0.2, 0.25) is 0 Å². The summed E-state index contributed by atoms with van der Waals surface area (Å²) in [5.41, 5.74) is 4.82. The Balaban J connectivity index is 2.13. The first-order valence-corrected chi connectivity index (χ1v) is 7.01. The van der Waals surface area contributed by atoms with Crippen LogP contribution in [0.25, 0.3) is 10.9 Å². The number of benzene rings is 1. The highest BCUT2D eigenvalue weighted by Gasteiger charge is 2.40. The Labute approximate surface area is 128 Å². The Hall–Kier alpha value is -1.96. The number of hydrogen-bond donors (Lipinski definition) is 1. The third kappa shape index (κ3) is 3.08. The summed E-state index contributed by atoms with van der Waals surface area (Å²) in [6.45, 7) is -0.416. The molecule has 0 radical (unpaired) electrons. The van der Waals surface area contributed by atoms with E-state index in [-0.39, 0.29) is 23.1 Å². The summed E-state index contributed by atoms with van der Waals surface area (Å²) in [7, 11) is 0. The van der Waals surface area contributed by atoms with E-state index in [0.717, 1.165) is 6.07 Å². The van der Waals surface area contributed by atoms with Crippen molar-refractivity contribution < 1.29 is 22.0 Å². The Kier molecular flexibility index (Phi) is 3.66. The highest BCUT2D eigenvalue weighted by Crippen LogP contribution is 2.39. The molecule has 124 valence electrons. The second-order valence-electron chi connectivity index (χ2n) is 5.73. The molecule has 2 heterocycles. The Morgan fingerprint density at radius 1 is 1.22 bits per heavy atom. The first-order chi connectivity index (χ1) is 10.7. The third-order valence-corrected chi connectivity index (χ3v) is 3.83. The van der Waals surface area contributed by atoms with E-state index in [9.17, 15) is 22.0 Å². The predicted molar refractivity (Wildman–Crippen MR) is 76.5 cm³/mol. The first kappa shape index (κ1) is 15.9. The fourth-order valence-electron chi connectivity index (χ4n) is 2.99. The fourth-order valence-corrected chi connectivity index (χ4v) is 2.99. The van der Waals surface area contributed by atoms with Gasteiger partial charge in [-0.05, 0) is 24.3 Å². The maximum absolute atomic E-state index is 13.7. The van der Waals surface area contributed by atoms with Crippen molar-refractivity contribution in [2.75, 3.05) is 18.0 Å². The van der Waals surface area contributed by atoms with Crippen LogP contribution in [0, 0.1) is 0 Å². The SMILES string of the molecule is N[C@H]1CN(c2ccc(C(F)(F)F)c3ncccc23)CC(F)(F)C1. The molecule has 1 fully saturated rings. The lowest BCUT2D eigenvalue weighted by molar-refractivity contribution is -0.136. The average molecular weight is 331 g/mol. The standard InChI is InChI=1S/C15H14F5N3/c16-14(17)6-9(21)7-23(8-14)12-4-3-11(15(18,19)20)13-10(12)2-1-5-22-13/h1-5,9H,6-8,21H2/t9-/m1/s1. The molecule has 1 atom stereocenters. The Morgan fingerprint density at radius 3 is 2.61 bits per heavy atom. The lowest BCUT2D eigenvalue weighted by Crippen LogP contribution is -2.52. The van der Waals surface area contributed by atoms with Gasteiger partial charge in [0.05, 0.1) is 17.6 Å². The number of anilines is 1. The van der Waals surface area contributed by atoms with E-state index in [4.69, 9.17) is 5.73 Å². The molecule has 1 aliphatic rings. The maximum Gasteiger partial charge on any atom is 0.418 e. The number of nitrogens with two attached hydrogens (primary N) is 1. The van der Waals surface area contributed by atoms with Gasteiger partial charge in [0, 0.05) is 36.3 Å². The second kappa shape index (κ2) is 5.30. The number of rotatable bonds is 1. The molecule has 0 amide bonds. The first-order valence-electron chi connectivity index (χ1n) is 7.01. The summed E-state index contributed by atoms with van der Waals surface area (Å²) < 4.78 is 66.7. The van der Waals surface area contributed by atoms with Crippen molar-refractivity contribution in [1.82, 2.24) is 4.98 Å². The summed E-state index contributed by atoms with van der Waals surface area (Å²) >= 11 is 0. The van der Waals surface area contributed by atoms with Crippen molar-refractivity contribution in [3.05, 3.63) is 36.0 Å². The van der Waals surface area contributed by atoms with Crippen LogP contribution in [-0.2, 0) is 6.18 Å². The van der Waals surface area contributed by atoms with Crippen LogP contribution < -0.4 is 10.6 Å². The van der Waals surface area contributed by atoms with Crippen LogP contribution in [0.5, 0.6) is 0 Å². The van der Waals surface area contributed by atoms with E-state index >= 15 is 0 Å². The minimum atomic E-state index is -4.56. The van der Waals surface area contributed by atoms with Gasteiger partial charge >= 0.3 is 6.18 Å². The van der Waals surface area contributed by atoms with Crippen LogP contribution in [0.1, 0.15) is 12.0 Å². The molecular weight excluding hydrogens is 317 g/mol. The number of fused-ring (bicyclic) bond motifs is 1. The molecule has 0 bridgehead atoms. The lowest BCUT2D eigenvalue weighted by Gasteiger charge is -2.38. The average Bonchev–Trinajstić information content (AvgIpc) is 2.42. The highest BCUT2D eigenvalue weighted by atomic mass is 19.4. The molecule has 0 aliphatic carbocycles. The van der Waals surface area contributed by atoms with Crippen molar-refractivity contribution in [3.8, 4) is 0 Å². The summed E-state index contributed by atoms with van der Waals surface area (Å²) in [6, 6.07) is 4.27. The second-order valence-corrected chi connectivity index (χ2v) is 5.73. The van der Waals surface area contributed by atoms with Gasteiger partial charge in [-0.3, -0.25) is 4.98 Å². The molecule has 1 aliphatic heterocycles. The topological polar surface area (TPSA) is 42.1 Å². The molecule has 2 N–H and O–H groups in total. The summed E-state index contributed by atoms with van der Waals surface area (Å²) in [4.78, 5) is 5.12. The normalized spacial score (nSPS) is 21.7. The van der Waals surface area contributed by atoms with E-state index in [1.54, 1.807) is 0 Å². The lowest BCUT2D eigenvalue weighted by atomic mass is 10.00. The Morgan fingerprint density at radius 2 is 1.96 bits per heavy atom. The molecule has 3 nitrogen and oxygen atoms in total. The van der Waals surface area contributed by atoms with Gasteiger partial charge in [-0.1, -0.05) is 0 Å². The van der Waals surface area contributed by atoms with Crippen molar-refractivity contribution in [2.45, 2.75) is 24.6 Å². The van der Waals surface area contributed by atoms with E-state index < -0.39 is 36.7 Å². The molecule has 2 aromatic rings. The number of alkyl halides is 5. The molecule has 0 saturated carbocycles. The van der Waals surface area contributed by atoms with E-state index in [2.05, 4.69) is 4.98 Å². The van der Waals surface area contributed by atoms with E-state index in [1.165, 1.54) is 29.3 Å². The fraction of sp³-hybridized carbons (Fsp3) is 0.400. The molecule has 1 aromatic heterocycles. The van der Waals surface area contributed by atoms with Crippen LogP contribution in [0.3, 0.4) is 0 Å². The van der Waals surface area contributed by atoms with Gasteiger partial charge in [0.15, 0.2) is 0 Å². The molecule has 0 spiro atoms. The molecular formula is C15H14F5N3. The number of aromatic nitrogens is 1. The molecule has 23 heavy (non-hydrogen) atoms. The molecule has 0 unspecified atom stereocenters. The molecule has 3 rings (SSSR count). The van der Waals surface area contributed by atoms with Gasteiger partial charge in [0.1, 0.15) is 0 Å². The monoisotopic (exact) mass is 331 g/mol. The minimum absolute atomic E-state index is 0.158. The number of piperidine rings is 1. The van der Waals surface area contributed by atoms with Crippen LogP contribution in [-0.4, -0.2) is 30.0 Å². The summed E-state index contributed by atoms with van der Waals surface area (Å²) in [5, 5.41) is 0.187. The maximum atomic E-state index is 13.7. The summed E-state index contributed by atoms with van der Waals surface area (Å²) in [6.07, 6.45) is -3.74. The zero-order valence-corrected chi connectivity index (χ0v) is 11.9. The van der Waals surface area contributed by atoms with Crippen molar-refractivity contribution in [3.63, 3.8) is 0 Å². The molecule has 1 aromatic carbocycles. The Bertz CT molecular complexity index is 729. The molecule has 8 heteroatoms. The van der Waals surface area contributed by atoms with E-state index in [0.29, 0.717) is 0 Å². The van der Waals surface area contributed by atoms with Crippen LogP contribution in [0.15, 0.2) is 30.5 Å². The van der Waals surface area contributed by atoms with E-state index in [1.807, 2.05) is 0 Å². The molecule has 1 saturated heterocycles. The number of pyridine rings is 1. The number of halogens is 5. The van der Waals surface area contributed by atoms with Gasteiger partial charge in [0.25, 0.3) is 5.92 Å². The third-order valence-electron chi connectivity index (χ3n) is 3.83. The zero-order chi connectivity index (χ0) is 16.8. The van der Waals surface area contributed by atoms with Crippen molar-refractivity contribution >= 4 is 16.6 Å². The smallest absolute Gasteiger partial charge is 0.363 e. The number of nitrogens with zero attached hydrogens (tertiary/aromatic N) is 2. The minimum Gasteiger partial charge on any atom is -0.363 e. The summed E-state index contributed by atoms with van der Waals surface area (Å²) in [5.74, 6) is -2.98. The van der Waals surface area contributed by atoms with Crippen LogP contribution in [0.4, 0.5) is 27.6 Å². The largest absolute Gasteiger partial charge is 0.418 e. The van der Waals surface area contributed by atoms with Gasteiger partial charge < -0.3 is 10.6 Å².